The molecule has 2 aliphatic heterocycles. The number of hydrogen-bond acceptors (Lipinski definition) is 4. The van der Waals surface area contributed by atoms with Gasteiger partial charge in [-0.1, -0.05) is 12.6 Å². The summed E-state index contributed by atoms with van der Waals surface area (Å²) in [5.41, 5.74) is 10.7. The Balaban J connectivity index is 1.57. The van der Waals surface area contributed by atoms with Gasteiger partial charge < -0.3 is 15.5 Å². The fraction of sp³-hybridized carbons (Fsp3) is 0.217. The zero-order valence-electron chi connectivity index (χ0n) is 17.0. The van der Waals surface area contributed by atoms with Crippen molar-refractivity contribution in [1.82, 2.24) is 20.0 Å². The van der Waals surface area contributed by atoms with Crippen LogP contribution in [0.1, 0.15) is 31.8 Å². The van der Waals surface area contributed by atoms with Gasteiger partial charge in [0.1, 0.15) is 0 Å². The van der Waals surface area contributed by atoms with Crippen LogP contribution in [0.4, 0.5) is 0 Å². The summed E-state index contributed by atoms with van der Waals surface area (Å²) >= 11 is 0. The number of H-pyrrole nitrogens is 1. The fourth-order valence-corrected chi connectivity index (χ4v) is 4.56. The van der Waals surface area contributed by atoms with Crippen molar-refractivity contribution in [3.8, 4) is 11.1 Å². The Morgan fingerprint density at radius 2 is 2.06 bits per heavy atom. The lowest BCUT2D eigenvalue weighted by Gasteiger charge is -2.43. The van der Waals surface area contributed by atoms with E-state index in [1.807, 2.05) is 25.1 Å². The number of carbonyl (C=O) groups is 3. The third-order valence-electron chi connectivity index (χ3n) is 6.25. The van der Waals surface area contributed by atoms with Crippen LogP contribution in [-0.2, 0) is 11.3 Å². The highest BCUT2D eigenvalue weighted by molar-refractivity contribution is 6.07. The van der Waals surface area contributed by atoms with Crippen LogP contribution in [-0.4, -0.2) is 56.9 Å². The first-order chi connectivity index (χ1) is 14.9. The van der Waals surface area contributed by atoms with Crippen molar-refractivity contribution in [2.24, 2.45) is 5.73 Å². The maximum atomic E-state index is 13.3. The minimum atomic E-state index is -0.568. The molecule has 0 atom stereocenters. The van der Waals surface area contributed by atoms with Crippen LogP contribution in [0.15, 0.2) is 43.1 Å². The molecule has 0 aliphatic carbocycles. The van der Waals surface area contributed by atoms with Gasteiger partial charge >= 0.3 is 0 Å². The molecule has 3 heterocycles. The standard InChI is InChI=1S/C23H21N5O3/c1-3-20(29)27-9-14(10-27)28-11-18-15(22(24)30)6-13(7-16(18)23(28)31)21-12(2)4-5-19-17(21)8-25-26-19/h3-8,14H,1,9-11H2,2H3,(H2,24,30)(H,25,26). The predicted octanol–water partition coefficient (Wildman–Crippen LogP) is 1.99. The lowest BCUT2D eigenvalue weighted by molar-refractivity contribution is -0.132. The summed E-state index contributed by atoms with van der Waals surface area (Å²) in [4.78, 5) is 40.7. The SMILES string of the molecule is C=CC(=O)N1CC(N2Cc3c(C(N)=O)cc(-c4c(C)ccc5[nH]ncc45)cc3C2=O)C1. The molecule has 5 rings (SSSR count). The molecule has 0 unspecified atom stereocenters. The van der Waals surface area contributed by atoms with E-state index in [0.717, 1.165) is 27.6 Å². The number of nitrogens with two attached hydrogens (primary N) is 1. The molecule has 3 aromatic rings. The van der Waals surface area contributed by atoms with Gasteiger partial charge in [-0.05, 0) is 53.5 Å². The number of carbonyl (C=O) groups excluding carboxylic acids is 3. The first-order valence-corrected chi connectivity index (χ1v) is 10.0. The van der Waals surface area contributed by atoms with Gasteiger partial charge in [0.05, 0.1) is 17.8 Å². The Morgan fingerprint density at radius 1 is 1.29 bits per heavy atom. The molecule has 8 heteroatoms. The molecule has 3 N–H and O–H groups in total. The lowest BCUT2D eigenvalue weighted by Crippen LogP contribution is -2.60. The molecule has 0 spiro atoms. The molecular formula is C23H21N5O3. The van der Waals surface area contributed by atoms with Crippen LogP contribution < -0.4 is 5.73 Å². The highest BCUT2D eigenvalue weighted by Gasteiger charge is 2.41. The smallest absolute Gasteiger partial charge is 0.254 e. The predicted molar refractivity (Wildman–Crippen MR) is 115 cm³/mol. The second-order valence-electron chi connectivity index (χ2n) is 8.04. The molecule has 31 heavy (non-hydrogen) atoms. The number of fused-ring (bicyclic) bond motifs is 2. The molecule has 0 saturated carbocycles. The number of hydrogen-bond donors (Lipinski definition) is 2. The number of aromatic amines is 1. The number of aryl methyl sites for hydroxylation is 1. The number of amides is 3. The normalized spacial score (nSPS) is 15.8. The Labute approximate surface area is 178 Å². The molecular weight excluding hydrogens is 394 g/mol. The Kier molecular flexibility index (Phi) is 4.18. The van der Waals surface area contributed by atoms with Crippen LogP contribution in [0.3, 0.4) is 0 Å². The molecule has 1 aromatic heterocycles. The summed E-state index contributed by atoms with van der Waals surface area (Å²) in [6.07, 6.45) is 3.01. The van der Waals surface area contributed by atoms with E-state index in [-0.39, 0.29) is 17.9 Å². The highest BCUT2D eigenvalue weighted by atomic mass is 16.2. The number of nitrogens with one attached hydrogen (secondary N) is 1. The van der Waals surface area contributed by atoms with Crippen molar-refractivity contribution in [1.29, 1.82) is 0 Å². The number of aromatic nitrogens is 2. The maximum absolute atomic E-state index is 13.3. The number of nitrogens with zero attached hydrogens (tertiary/aromatic N) is 3. The van der Waals surface area contributed by atoms with Gasteiger partial charge in [-0.2, -0.15) is 5.10 Å². The summed E-state index contributed by atoms with van der Waals surface area (Å²) in [7, 11) is 0. The lowest BCUT2D eigenvalue weighted by atomic mass is 9.91. The van der Waals surface area contributed by atoms with Crippen LogP contribution in [0.5, 0.6) is 0 Å². The van der Waals surface area contributed by atoms with E-state index in [9.17, 15) is 14.4 Å². The number of likely N-dealkylation sites (tertiary alicyclic amines) is 1. The molecule has 0 radical (unpaired) electrons. The zero-order chi connectivity index (χ0) is 21.9. The summed E-state index contributed by atoms with van der Waals surface area (Å²) < 4.78 is 0. The Hall–Kier alpha value is -3.94. The van der Waals surface area contributed by atoms with Gasteiger partial charge in [-0.3, -0.25) is 19.5 Å². The van der Waals surface area contributed by atoms with Crippen LogP contribution in [0, 0.1) is 6.92 Å². The molecule has 8 nitrogen and oxygen atoms in total. The van der Waals surface area contributed by atoms with E-state index in [0.29, 0.717) is 36.3 Å². The van der Waals surface area contributed by atoms with Crippen molar-refractivity contribution < 1.29 is 14.4 Å². The van der Waals surface area contributed by atoms with Crippen LogP contribution >= 0.6 is 0 Å². The quantitative estimate of drug-likeness (QED) is 0.635. The number of primary amides is 1. The third kappa shape index (κ3) is 2.83. The van der Waals surface area contributed by atoms with E-state index >= 15 is 0 Å². The minimum Gasteiger partial charge on any atom is -0.366 e. The van der Waals surface area contributed by atoms with E-state index in [2.05, 4.69) is 16.8 Å². The molecule has 2 aromatic carbocycles. The van der Waals surface area contributed by atoms with Crippen molar-refractivity contribution in [2.75, 3.05) is 13.1 Å². The first-order valence-electron chi connectivity index (χ1n) is 10.0. The summed E-state index contributed by atoms with van der Waals surface area (Å²) in [6.45, 7) is 6.69. The van der Waals surface area contributed by atoms with Gasteiger partial charge in [-0.15, -0.1) is 0 Å². The van der Waals surface area contributed by atoms with Crippen molar-refractivity contribution in [3.05, 3.63) is 65.4 Å². The van der Waals surface area contributed by atoms with E-state index < -0.39 is 5.91 Å². The zero-order valence-corrected chi connectivity index (χ0v) is 17.0. The Bertz CT molecular complexity index is 1290. The monoisotopic (exact) mass is 415 g/mol. The molecule has 3 amide bonds. The second kappa shape index (κ2) is 6.80. The third-order valence-corrected chi connectivity index (χ3v) is 6.25. The van der Waals surface area contributed by atoms with E-state index in [1.165, 1.54) is 6.08 Å². The van der Waals surface area contributed by atoms with Crippen molar-refractivity contribution >= 4 is 28.6 Å². The van der Waals surface area contributed by atoms with E-state index in [4.69, 9.17) is 5.73 Å². The van der Waals surface area contributed by atoms with Gasteiger partial charge in [-0.25, -0.2) is 0 Å². The largest absolute Gasteiger partial charge is 0.366 e. The van der Waals surface area contributed by atoms with E-state index in [1.54, 1.807) is 22.1 Å². The number of rotatable bonds is 4. The highest BCUT2D eigenvalue weighted by Crippen LogP contribution is 2.37. The second-order valence-corrected chi connectivity index (χ2v) is 8.04. The molecule has 1 fully saturated rings. The Morgan fingerprint density at radius 3 is 2.77 bits per heavy atom. The van der Waals surface area contributed by atoms with Gasteiger partial charge in [0.2, 0.25) is 11.8 Å². The van der Waals surface area contributed by atoms with Gasteiger partial charge in [0.25, 0.3) is 5.91 Å². The average molecular weight is 415 g/mol. The topological polar surface area (TPSA) is 112 Å². The van der Waals surface area contributed by atoms with Gasteiger partial charge in [0, 0.05) is 36.1 Å². The van der Waals surface area contributed by atoms with Crippen LogP contribution in [0.25, 0.3) is 22.0 Å². The maximum Gasteiger partial charge on any atom is 0.254 e. The fourth-order valence-electron chi connectivity index (χ4n) is 4.56. The molecule has 2 aliphatic rings. The summed E-state index contributed by atoms with van der Waals surface area (Å²) in [6, 6.07) is 7.43. The number of benzene rings is 2. The van der Waals surface area contributed by atoms with Crippen molar-refractivity contribution in [2.45, 2.75) is 19.5 Å². The van der Waals surface area contributed by atoms with Gasteiger partial charge in [0.15, 0.2) is 0 Å². The molecule has 1 saturated heterocycles. The first kappa shape index (κ1) is 19.0. The summed E-state index contributed by atoms with van der Waals surface area (Å²) in [5, 5.41) is 7.99. The summed E-state index contributed by atoms with van der Waals surface area (Å²) in [5.74, 6) is -0.863. The minimum absolute atomic E-state index is 0.0907. The average Bonchev–Trinajstić information content (AvgIpc) is 3.31. The molecule has 0 bridgehead atoms. The van der Waals surface area contributed by atoms with Crippen molar-refractivity contribution in [3.63, 3.8) is 0 Å². The molecule has 156 valence electrons. The van der Waals surface area contributed by atoms with Crippen LogP contribution in [0.2, 0.25) is 0 Å².